The number of aryl methyl sites for hydroxylation is 2. The molecule has 154 valence electrons. The summed E-state index contributed by atoms with van der Waals surface area (Å²) >= 11 is 0. The lowest BCUT2D eigenvalue weighted by atomic mass is 10.1. The number of hydrogen-bond acceptors (Lipinski definition) is 3. The molecule has 2 aromatic rings. The molecule has 8 heteroatoms. The van der Waals surface area contributed by atoms with Crippen molar-refractivity contribution in [2.24, 2.45) is 12.0 Å². The molecular formula is C20H31IN6O. The van der Waals surface area contributed by atoms with Crippen LogP contribution < -0.4 is 16.0 Å². The van der Waals surface area contributed by atoms with Crippen molar-refractivity contribution in [2.45, 2.75) is 39.8 Å². The molecule has 1 atom stereocenters. The van der Waals surface area contributed by atoms with E-state index in [1.807, 2.05) is 36.9 Å². The average molecular weight is 498 g/mol. The Hall–Kier alpha value is -2.10. The van der Waals surface area contributed by atoms with E-state index in [1.165, 1.54) is 11.3 Å². The van der Waals surface area contributed by atoms with Gasteiger partial charge in [-0.05, 0) is 50.5 Å². The summed E-state index contributed by atoms with van der Waals surface area (Å²) in [6.07, 6.45) is 0.873. The van der Waals surface area contributed by atoms with Gasteiger partial charge in [0.25, 0.3) is 5.91 Å². The predicted molar refractivity (Wildman–Crippen MR) is 124 cm³/mol. The van der Waals surface area contributed by atoms with Gasteiger partial charge < -0.3 is 16.0 Å². The van der Waals surface area contributed by atoms with Crippen LogP contribution in [0.2, 0.25) is 0 Å². The summed E-state index contributed by atoms with van der Waals surface area (Å²) in [6, 6.07) is 7.75. The maximum atomic E-state index is 11.8. The highest BCUT2D eigenvalue weighted by Crippen LogP contribution is 2.14. The number of guanidine groups is 1. The van der Waals surface area contributed by atoms with Gasteiger partial charge in [-0.25, -0.2) is 0 Å². The number of carbonyl (C=O) groups excluding carboxylic acids is 1. The monoisotopic (exact) mass is 498 g/mol. The van der Waals surface area contributed by atoms with E-state index in [0.717, 1.165) is 23.6 Å². The number of nitrogens with one attached hydrogen (secondary N) is 3. The molecule has 1 aromatic heterocycles. The van der Waals surface area contributed by atoms with Crippen LogP contribution in [0.4, 0.5) is 0 Å². The minimum absolute atomic E-state index is 0. The lowest BCUT2D eigenvalue weighted by Crippen LogP contribution is -2.42. The molecule has 0 saturated carbocycles. The second kappa shape index (κ2) is 11.0. The van der Waals surface area contributed by atoms with Gasteiger partial charge in [-0.15, -0.1) is 24.0 Å². The van der Waals surface area contributed by atoms with Crippen LogP contribution in [0.3, 0.4) is 0 Å². The Balaban J connectivity index is 0.00000392. The second-order valence-corrected chi connectivity index (χ2v) is 6.73. The number of halogens is 1. The Morgan fingerprint density at radius 2 is 2.04 bits per heavy atom. The molecule has 1 amide bonds. The summed E-state index contributed by atoms with van der Waals surface area (Å²) in [4.78, 5) is 16.1. The molecule has 0 radical (unpaired) electrons. The van der Waals surface area contributed by atoms with Crippen LogP contribution in [-0.2, 0) is 20.0 Å². The molecule has 1 aromatic carbocycles. The Kier molecular flexibility index (Phi) is 9.44. The first-order valence-electron chi connectivity index (χ1n) is 9.13. The van der Waals surface area contributed by atoms with Crippen molar-refractivity contribution in [1.82, 2.24) is 25.7 Å². The van der Waals surface area contributed by atoms with E-state index in [4.69, 9.17) is 0 Å². The van der Waals surface area contributed by atoms with Crippen molar-refractivity contribution in [3.63, 3.8) is 0 Å². The molecule has 0 saturated heterocycles. The predicted octanol–water partition coefficient (Wildman–Crippen LogP) is 2.31. The maximum Gasteiger partial charge on any atom is 0.251 e. The number of rotatable bonds is 6. The Morgan fingerprint density at radius 3 is 2.61 bits per heavy atom. The first-order chi connectivity index (χ1) is 12.8. The summed E-state index contributed by atoms with van der Waals surface area (Å²) in [7, 11) is 5.35. The lowest BCUT2D eigenvalue weighted by Gasteiger charge is -2.18. The van der Waals surface area contributed by atoms with Crippen molar-refractivity contribution >= 4 is 35.8 Å². The zero-order valence-corrected chi connectivity index (χ0v) is 19.8. The van der Waals surface area contributed by atoms with Crippen LogP contribution in [0.5, 0.6) is 0 Å². The summed E-state index contributed by atoms with van der Waals surface area (Å²) in [5, 5.41) is 13.8. The first-order valence-corrected chi connectivity index (χ1v) is 9.13. The summed E-state index contributed by atoms with van der Waals surface area (Å²) in [5.41, 5.74) is 5.19. The van der Waals surface area contributed by atoms with E-state index in [2.05, 4.69) is 39.9 Å². The van der Waals surface area contributed by atoms with Gasteiger partial charge in [0.1, 0.15) is 0 Å². The van der Waals surface area contributed by atoms with Crippen LogP contribution >= 0.6 is 24.0 Å². The van der Waals surface area contributed by atoms with Crippen LogP contribution in [0.15, 0.2) is 29.3 Å². The number of amides is 1. The van der Waals surface area contributed by atoms with Crippen molar-refractivity contribution < 1.29 is 4.79 Å². The van der Waals surface area contributed by atoms with Crippen LogP contribution in [-0.4, -0.2) is 41.8 Å². The van der Waals surface area contributed by atoms with Gasteiger partial charge in [0.15, 0.2) is 5.96 Å². The van der Waals surface area contributed by atoms with Crippen molar-refractivity contribution in [2.75, 3.05) is 14.1 Å². The third-order valence-electron chi connectivity index (χ3n) is 4.65. The van der Waals surface area contributed by atoms with Gasteiger partial charge in [0, 0.05) is 45.0 Å². The number of nitrogens with zero attached hydrogens (tertiary/aromatic N) is 3. The van der Waals surface area contributed by atoms with E-state index >= 15 is 0 Å². The smallest absolute Gasteiger partial charge is 0.251 e. The number of aliphatic imine (C=N–C) groups is 1. The molecule has 1 unspecified atom stereocenters. The Bertz CT molecular complexity index is 830. The summed E-state index contributed by atoms with van der Waals surface area (Å²) in [5.74, 6) is 0.641. The second-order valence-electron chi connectivity index (χ2n) is 6.73. The highest BCUT2D eigenvalue weighted by molar-refractivity contribution is 14.0. The molecule has 0 aliphatic carbocycles. The molecule has 0 aliphatic heterocycles. The molecule has 0 fully saturated rings. The Morgan fingerprint density at radius 1 is 1.32 bits per heavy atom. The topological polar surface area (TPSA) is 83.3 Å². The molecule has 1 heterocycles. The molecule has 3 N–H and O–H groups in total. The van der Waals surface area contributed by atoms with Gasteiger partial charge >= 0.3 is 0 Å². The highest BCUT2D eigenvalue weighted by Gasteiger charge is 2.14. The molecular weight excluding hydrogens is 467 g/mol. The number of carbonyl (C=O) groups is 1. The van der Waals surface area contributed by atoms with Crippen molar-refractivity contribution in [3.05, 3.63) is 52.3 Å². The fraction of sp³-hybridized carbons (Fsp3) is 0.450. The standard InChI is InChI=1S/C20H30N6O.HI/c1-13(10-18-14(2)25-26(6)15(18)3)24-20(22-5)23-12-16-8-7-9-17(11-16)19(27)21-4;/h7-9,11,13H,10,12H2,1-6H3,(H,21,27)(H2,22,23,24);1H. The van der Waals surface area contributed by atoms with Crippen molar-refractivity contribution in [3.8, 4) is 0 Å². The minimum atomic E-state index is -0.0878. The fourth-order valence-electron chi connectivity index (χ4n) is 3.05. The van der Waals surface area contributed by atoms with Crippen LogP contribution in [0, 0.1) is 13.8 Å². The van der Waals surface area contributed by atoms with E-state index in [-0.39, 0.29) is 35.9 Å². The van der Waals surface area contributed by atoms with Gasteiger partial charge in [-0.1, -0.05) is 12.1 Å². The molecule has 0 spiro atoms. The third kappa shape index (κ3) is 6.22. The lowest BCUT2D eigenvalue weighted by molar-refractivity contribution is 0.0963. The van der Waals surface area contributed by atoms with Gasteiger partial charge in [-0.3, -0.25) is 14.5 Å². The molecule has 28 heavy (non-hydrogen) atoms. The maximum absolute atomic E-state index is 11.8. The average Bonchev–Trinajstić information content (AvgIpc) is 2.90. The molecule has 7 nitrogen and oxygen atoms in total. The summed E-state index contributed by atoms with van der Waals surface area (Å²) < 4.78 is 1.92. The number of benzene rings is 1. The zero-order valence-electron chi connectivity index (χ0n) is 17.5. The normalized spacial score (nSPS) is 12.1. The summed E-state index contributed by atoms with van der Waals surface area (Å²) in [6.45, 7) is 6.85. The molecule has 0 aliphatic rings. The Labute approximate surface area is 184 Å². The largest absolute Gasteiger partial charge is 0.355 e. The fourth-order valence-corrected chi connectivity index (χ4v) is 3.05. The quantitative estimate of drug-likeness (QED) is 0.325. The number of hydrogen-bond donors (Lipinski definition) is 3. The van der Waals surface area contributed by atoms with E-state index in [0.29, 0.717) is 12.1 Å². The zero-order chi connectivity index (χ0) is 20.0. The van der Waals surface area contributed by atoms with Crippen LogP contribution in [0.1, 0.15) is 39.8 Å². The molecule has 0 bridgehead atoms. The van der Waals surface area contributed by atoms with E-state index in [9.17, 15) is 4.79 Å². The van der Waals surface area contributed by atoms with Gasteiger partial charge in [-0.2, -0.15) is 5.10 Å². The van der Waals surface area contributed by atoms with Crippen molar-refractivity contribution in [1.29, 1.82) is 0 Å². The van der Waals surface area contributed by atoms with Gasteiger partial charge in [0.05, 0.1) is 5.69 Å². The van der Waals surface area contributed by atoms with E-state index < -0.39 is 0 Å². The molecule has 2 rings (SSSR count). The van der Waals surface area contributed by atoms with Crippen LogP contribution in [0.25, 0.3) is 0 Å². The minimum Gasteiger partial charge on any atom is -0.355 e. The third-order valence-corrected chi connectivity index (χ3v) is 4.65. The first kappa shape index (κ1) is 23.9. The number of aromatic nitrogens is 2. The van der Waals surface area contributed by atoms with E-state index in [1.54, 1.807) is 20.2 Å². The highest BCUT2D eigenvalue weighted by atomic mass is 127. The van der Waals surface area contributed by atoms with Gasteiger partial charge in [0.2, 0.25) is 0 Å². The SMILES string of the molecule is CN=C(NCc1cccc(C(=O)NC)c1)NC(C)Cc1c(C)nn(C)c1C.I.